The molecule has 1 aromatic rings. The van der Waals surface area contributed by atoms with Crippen molar-refractivity contribution in [2.45, 2.75) is 6.54 Å². The van der Waals surface area contributed by atoms with Crippen LogP contribution in [0.3, 0.4) is 0 Å². The van der Waals surface area contributed by atoms with Gasteiger partial charge in [0.25, 0.3) is 0 Å². The summed E-state index contributed by atoms with van der Waals surface area (Å²) in [6.07, 6.45) is 0. The maximum absolute atomic E-state index is 14.0. The molecule has 7 heteroatoms. The van der Waals surface area contributed by atoms with Crippen LogP contribution in [0, 0.1) is 23.5 Å². The number of aliphatic hydroxyl groups is 2. The molecular formula is C16H23ClF2N2O2. The summed E-state index contributed by atoms with van der Waals surface area (Å²) < 4.78 is 27.2. The van der Waals surface area contributed by atoms with Gasteiger partial charge in [-0.25, -0.2) is 8.78 Å². The van der Waals surface area contributed by atoms with Gasteiger partial charge in [0.05, 0.1) is 6.61 Å². The van der Waals surface area contributed by atoms with Gasteiger partial charge < -0.3 is 15.1 Å². The number of aliphatic hydroxyl groups excluding tert-OH is 2. The second kappa shape index (κ2) is 8.35. The van der Waals surface area contributed by atoms with E-state index in [-0.39, 0.29) is 25.0 Å². The summed E-state index contributed by atoms with van der Waals surface area (Å²) in [5.41, 5.74) is 0.359. The highest BCUT2D eigenvalue weighted by atomic mass is 35.5. The zero-order chi connectivity index (χ0) is 17.0. The Balaban J connectivity index is 2.01. The van der Waals surface area contributed by atoms with Crippen molar-refractivity contribution in [2.24, 2.45) is 11.8 Å². The van der Waals surface area contributed by atoms with E-state index in [1.807, 2.05) is 16.8 Å². The summed E-state index contributed by atoms with van der Waals surface area (Å²) in [6.45, 7) is 3.21. The number of hydrogen-bond acceptors (Lipinski definition) is 4. The fourth-order valence-corrected chi connectivity index (χ4v) is 3.35. The summed E-state index contributed by atoms with van der Waals surface area (Å²) in [7, 11) is 1.92. The first-order valence-corrected chi connectivity index (χ1v) is 8.09. The van der Waals surface area contributed by atoms with Crippen LogP contribution >= 0.6 is 11.6 Å². The maximum atomic E-state index is 14.0. The molecule has 0 unspecified atom stereocenters. The molecule has 2 atom stereocenters. The van der Waals surface area contributed by atoms with E-state index in [1.54, 1.807) is 0 Å². The Morgan fingerprint density at radius 1 is 1.26 bits per heavy atom. The lowest BCUT2D eigenvalue weighted by atomic mass is 9.96. The van der Waals surface area contributed by atoms with Crippen LogP contribution in [0.25, 0.3) is 0 Å². The van der Waals surface area contributed by atoms with Gasteiger partial charge in [0.15, 0.2) is 0 Å². The van der Waals surface area contributed by atoms with E-state index < -0.39 is 16.7 Å². The van der Waals surface area contributed by atoms with Crippen molar-refractivity contribution < 1.29 is 19.0 Å². The molecule has 2 rings (SSSR count). The van der Waals surface area contributed by atoms with Crippen molar-refractivity contribution in [3.8, 4) is 0 Å². The fourth-order valence-electron chi connectivity index (χ4n) is 3.17. The minimum absolute atomic E-state index is 0.0702. The summed E-state index contributed by atoms with van der Waals surface area (Å²) in [5.74, 6) is -1.12. The third kappa shape index (κ3) is 4.61. The van der Waals surface area contributed by atoms with Gasteiger partial charge in [0.2, 0.25) is 0 Å². The molecular weight excluding hydrogens is 326 g/mol. The van der Waals surface area contributed by atoms with Crippen LogP contribution in [0.15, 0.2) is 12.1 Å². The zero-order valence-corrected chi connectivity index (χ0v) is 13.9. The van der Waals surface area contributed by atoms with Crippen molar-refractivity contribution in [2.75, 3.05) is 46.4 Å². The van der Waals surface area contributed by atoms with Gasteiger partial charge in [-0.05, 0) is 24.9 Å². The highest BCUT2D eigenvalue weighted by molar-refractivity contribution is 6.30. The Hall–Kier alpha value is -0.790. The highest BCUT2D eigenvalue weighted by Gasteiger charge is 2.33. The minimum Gasteiger partial charge on any atom is -0.396 e. The molecule has 2 N–H and O–H groups in total. The average molecular weight is 349 g/mol. The van der Waals surface area contributed by atoms with Crippen molar-refractivity contribution in [1.82, 2.24) is 9.80 Å². The lowest BCUT2D eigenvalue weighted by Gasteiger charge is -2.23. The molecule has 0 saturated carbocycles. The highest BCUT2D eigenvalue weighted by Crippen LogP contribution is 2.28. The number of likely N-dealkylation sites (tertiary alicyclic amines) is 1. The Morgan fingerprint density at radius 2 is 1.96 bits per heavy atom. The number of benzene rings is 1. The monoisotopic (exact) mass is 348 g/mol. The van der Waals surface area contributed by atoms with Gasteiger partial charge in [-0.1, -0.05) is 17.7 Å². The molecule has 0 aromatic heterocycles. The van der Waals surface area contributed by atoms with E-state index in [0.29, 0.717) is 25.2 Å². The van der Waals surface area contributed by atoms with Crippen LogP contribution in [0.4, 0.5) is 8.78 Å². The normalized spacial score (nSPS) is 22.2. The second-order valence-corrected chi connectivity index (χ2v) is 6.60. The lowest BCUT2D eigenvalue weighted by molar-refractivity contribution is 0.160. The standard InChI is InChI=1S/C16H23ClF2N2O2/c1-20(4-5-22)6-12-8-21(9-13(12)10-23)7-11-2-3-14(18)15(17)16(11)19/h2-3,12-13,22-23H,4-10H2,1H3/t12-,13-/m1/s1. The molecule has 0 spiro atoms. The van der Waals surface area contributed by atoms with Crippen molar-refractivity contribution in [3.05, 3.63) is 34.4 Å². The second-order valence-electron chi connectivity index (χ2n) is 6.22. The summed E-state index contributed by atoms with van der Waals surface area (Å²) in [5, 5.41) is 18.1. The van der Waals surface area contributed by atoms with Crippen LogP contribution in [0.1, 0.15) is 5.56 Å². The van der Waals surface area contributed by atoms with Gasteiger partial charge in [0, 0.05) is 44.9 Å². The van der Waals surface area contributed by atoms with Crippen LogP contribution in [-0.2, 0) is 6.54 Å². The van der Waals surface area contributed by atoms with Crippen LogP contribution < -0.4 is 0 Å². The predicted molar refractivity (Wildman–Crippen MR) is 85.3 cm³/mol. The Morgan fingerprint density at radius 3 is 2.61 bits per heavy atom. The first-order chi connectivity index (χ1) is 11.0. The first kappa shape index (κ1) is 18.5. The molecule has 1 aliphatic heterocycles. The molecule has 130 valence electrons. The molecule has 1 fully saturated rings. The van der Waals surface area contributed by atoms with E-state index in [0.717, 1.165) is 13.1 Å². The number of likely N-dealkylation sites (N-methyl/N-ethyl adjacent to an activating group) is 1. The molecule has 0 aliphatic carbocycles. The SMILES string of the molecule is CN(CCO)C[C@@H]1CN(Cc2ccc(F)c(Cl)c2F)C[C@@H]1CO. The summed E-state index contributed by atoms with van der Waals surface area (Å²) >= 11 is 5.62. The number of nitrogens with zero attached hydrogens (tertiary/aromatic N) is 2. The molecule has 0 amide bonds. The Bertz CT molecular complexity index is 533. The predicted octanol–water partition coefficient (Wildman–Crippen LogP) is 1.58. The van der Waals surface area contributed by atoms with E-state index in [9.17, 15) is 13.9 Å². The fraction of sp³-hybridized carbons (Fsp3) is 0.625. The number of halogens is 3. The molecule has 1 heterocycles. The Labute approximate surface area is 140 Å². The minimum atomic E-state index is -0.758. The third-order valence-corrected chi connectivity index (χ3v) is 4.77. The van der Waals surface area contributed by atoms with Crippen molar-refractivity contribution in [3.63, 3.8) is 0 Å². The molecule has 4 nitrogen and oxygen atoms in total. The Kier molecular flexibility index (Phi) is 6.73. The van der Waals surface area contributed by atoms with Gasteiger partial charge in [-0.3, -0.25) is 4.90 Å². The average Bonchev–Trinajstić information content (AvgIpc) is 2.89. The van der Waals surface area contributed by atoms with Crippen molar-refractivity contribution in [1.29, 1.82) is 0 Å². The maximum Gasteiger partial charge on any atom is 0.149 e. The molecule has 1 aromatic carbocycles. The van der Waals surface area contributed by atoms with E-state index in [1.165, 1.54) is 12.1 Å². The molecule has 23 heavy (non-hydrogen) atoms. The van der Waals surface area contributed by atoms with Gasteiger partial charge >= 0.3 is 0 Å². The smallest absolute Gasteiger partial charge is 0.149 e. The van der Waals surface area contributed by atoms with Gasteiger partial charge in [-0.2, -0.15) is 0 Å². The first-order valence-electron chi connectivity index (χ1n) is 7.71. The summed E-state index contributed by atoms with van der Waals surface area (Å²) in [6, 6.07) is 2.59. The quantitative estimate of drug-likeness (QED) is 0.735. The topological polar surface area (TPSA) is 46.9 Å². The lowest BCUT2D eigenvalue weighted by Crippen LogP contribution is -2.33. The molecule has 0 bridgehead atoms. The summed E-state index contributed by atoms with van der Waals surface area (Å²) in [4.78, 5) is 4.07. The van der Waals surface area contributed by atoms with Crippen LogP contribution in [-0.4, -0.2) is 66.5 Å². The molecule has 1 saturated heterocycles. The van der Waals surface area contributed by atoms with Gasteiger partial charge in [0.1, 0.15) is 16.7 Å². The third-order valence-electron chi connectivity index (χ3n) is 4.42. The van der Waals surface area contributed by atoms with E-state index in [2.05, 4.69) is 0 Å². The van der Waals surface area contributed by atoms with Gasteiger partial charge in [-0.15, -0.1) is 0 Å². The number of hydrogen-bond donors (Lipinski definition) is 2. The van der Waals surface area contributed by atoms with E-state index in [4.69, 9.17) is 16.7 Å². The largest absolute Gasteiger partial charge is 0.396 e. The van der Waals surface area contributed by atoms with Crippen molar-refractivity contribution >= 4 is 11.6 Å². The van der Waals surface area contributed by atoms with Crippen LogP contribution in [0.5, 0.6) is 0 Å². The number of rotatable bonds is 7. The van der Waals surface area contributed by atoms with Crippen LogP contribution in [0.2, 0.25) is 5.02 Å². The zero-order valence-electron chi connectivity index (χ0n) is 13.2. The van der Waals surface area contributed by atoms with E-state index >= 15 is 0 Å². The molecule has 0 radical (unpaired) electrons. The molecule has 1 aliphatic rings.